The molecule has 0 unspecified atom stereocenters. The third-order valence-corrected chi connectivity index (χ3v) is 4.92. The minimum Gasteiger partial charge on any atom is -0.618 e. The van der Waals surface area contributed by atoms with Gasteiger partial charge in [0.15, 0.2) is 11.5 Å². The van der Waals surface area contributed by atoms with Crippen LogP contribution >= 0.6 is 11.6 Å². The number of hydrogen-bond acceptors (Lipinski definition) is 4. The van der Waals surface area contributed by atoms with Crippen molar-refractivity contribution >= 4 is 22.5 Å². The number of alkyl halides is 3. The van der Waals surface area contributed by atoms with Crippen LogP contribution in [0, 0.1) is 5.21 Å². The molecule has 0 radical (unpaired) electrons. The molecule has 2 aromatic rings. The Bertz CT molecular complexity index is 824. The second-order valence-corrected chi connectivity index (χ2v) is 6.85. The predicted molar refractivity (Wildman–Crippen MR) is 95.3 cm³/mol. The van der Waals surface area contributed by atoms with Gasteiger partial charge in [-0.2, -0.15) is 17.9 Å². The van der Waals surface area contributed by atoms with Gasteiger partial charge < -0.3 is 19.6 Å². The molecule has 0 bridgehead atoms. The van der Waals surface area contributed by atoms with Gasteiger partial charge in [-0.15, -0.1) is 0 Å². The normalized spacial score (nSPS) is 15.4. The highest BCUT2D eigenvalue weighted by Gasteiger charge is 2.41. The molecule has 1 aliphatic heterocycles. The largest absolute Gasteiger partial charge is 0.618 e. The first-order chi connectivity index (χ1) is 12.8. The van der Waals surface area contributed by atoms with Crippen LogP contribution in [-0.4, -0.2) is 38.3 Å². The maximum Gasteiger partial charge on any atom is 0.478 e. The standard InChI is InChI=1S/C18H20ClF3N2O3/c1-26-15-9-12-13(19)10-17(18(20,21)22)24(25)14(12)11-16(15)27-8-4-7-23-5-2-3-6-23/h9-11H,2-8H2,1H3. The van der Waals surface area contributed by atoms with E-state index in [9.17, 15) is 18.4 Å². The van der Waals surface area contributed by atoms with Crippen LogP contribution in [0.1, 0.15) is 25.0 Å². The Balaban J connectivity index is 1.86. The Morgan fingerprint density at radius 2 is 1.89 bits per heavy atom. The maximum atomic E-state index is 13.1. The van der Waals surface area contributed by atoms with Gasteiger partial charge >= 0.3 is 11.9 Å². The third-order valence-electron chi connectivity index (χ3n) is 4.61. The van der Waals surface area contributed by atoms with E-state index in [4.69, 9.17) is 21.1 Å². The zero-order valence-electron chi connectivity index (χ0n) is 14.8. The summed E-state index contributed by atoms with van der Waals surface area (Å²) in [5.41, 5.74) is -1.59. The fourth-order valence-electron chi connectivity index (χ4n) is 3.24. The van der Waals surface area contributed by atoms with Crippen LogP contribution in [0.2, 0.25) is 5.02 Å². The first kappa shape index (κ1) is 19.8. The number of aromatic nitrogens is 1. The molecule has 1 aromatic carbocycles. The molecule has 0 N–H and O–H groups in total. The molecular weight excluding hydrogens is 385 g/mol. The average molecular weight is 405 g/mol. The molecule has 0 spiro atoms. The molecule has 0 atom stereocenters. The SMILES string of the molecule is COc1cc2c(Cl)cc(C(F)(F)F)[n+]([O-])c2cc1OCCCN1CCCC1. The molecule has 1 aliphatic rings. The molecule has 148 valence electrons. The number of hydrogen-bond donors (Lipinski definition) is 0. The first-order valence-corrected chi connectivity index (χ1v) is 9.05. The van der Waals surface area contributed by atoms with E-state index in [-0.39, 0.29) is 26.4 Å². The maximum absolute atomic E-state index is 13.1. The van der Waals surface area contributed by atoms with Crippen LogP contribution in [0.5, 0.6) is 11.5 Å². The predicted octanol–water partition coefficient (Wildman–Crippen LogP) is 4.02. The van der Waals surface area contributed by atoms with Crippen molar-refractivity contribution < 1.29 is 27.4 Å². The van der Waals surface area contributed by atoms with Gasteiger partial charge in [0.25, 0.3) is 0 Å². The minimum absolute atomic E-state index is 0.168. The zero-order valence-corrected chi connectivity index (χ0v) is 15.6. The number of pyridine rings is 1. The zero-order chi connectivity index (χ0) is 19.6. The topological polar surface area (TPSA) is 48.6 Å². The van der Waals surface area contributed by atoms with Crippen molar-refractivity contribution in [1.29, 1.82) is 0 Å². The first-order valence-electron chi connectivity index (χ1n) is 8.67. The monoisotopic (exact) mass is 404 g/mol. The Hall–Kier alpha value is -1.93. The van der Waals surface area contributed by atoms with E-state index in [0.29, 0.717) is 18.4 Å². The Morgan fingerprint density at radius 3 is 2.52 bits per heavy atom. The summed E-state index contributed by atoms with van der Waals surface area (Å²) in [7, 11) is 1.42. The van der Waals surface area contributed by atoms with Crippen LogP contribution in [0.15, 0.2) is 18.2 Å². The molecule has 1 aromatic heterocycles. The second-order valence-electron chi connectivity index (χ2n) is 6.44. The lowest BCUT2D eigenvalue weighted by Gasteiger charge is -2.16. The summed E-state index contributed by atoms with van der Waals surface area (Å²) in [6.07, 6.45) is -1.64. The van der Waals surface area contributed by atoms with E-state index in [2.05, 4.69) is 4.90 Å². The molecule has 5 nitrogen and oxygen atoms in total. The second kappa shape index (κ2) is 7.98. The van der Waals surface area contributed by atoms with E-state index in [0.717, 1.165) is 26.1 Å². The number of rotatable bonds is 6. The van der Waals surface area contributed by atoms with Crippen molar-refractivity contribution in [3.8, 4) is 11.5 Å². The Morgan fingerprint density at radius 1 is 1.19 bits per heavy atom. The lowest BCUT2D eigenvalue weighted by atomic mass is 10.1. The van der Waals surface area contributed by atoms with Gasteiger partial charge in [-0.05, 0) is 38.4 Å². The number of halogens is 4. The summed E-state index contributed by atoms with van der Waals surface area (Å²) < 4.78 is 49.9. The lowest BCUT2D eigenvalue weighted by Crippen LogP contribution is -2.37. The van der Waals surface area contributed by atoms with Crippen molar-refractivity contribution in [1.82, 2.24) is 4.90 Å². The van der Waals surface area contributed by atoms with Crippen molar-refractivity contribution in [3.63, 3.8) is 0 Å². The van der Waals surface area contributed by atoms with Crippen LogP contribution in [0.4, 0.5) is 13.2 Å². The fraction of sp³-hybridized carbons (Fsp3) is 0.500. The lowest BCUT2D eigenvalue weighted by molar-refractivity contribution is -0.602. The van der Waals surface area contributed by atoms with Gasteiger partial charge in [0, 0.05) is 12.6 Å². The van der Waals surface area contributed by atoms with Gasteiger partial charge in [-0.1, -0.05) is 11.6 Å². The molecule has 9 heteroatoms. The Labute approximate surface area is 159 Å². The highest BCUT2D eigenvalue weighted by Crippen LogP contribution is 2.37. The summed E-state index contributed by atoms with van der Waals surface area (Å²) in [4.78, 5) is 2.34. The number of fused-ring (bicyclic) bond motifs is 1. The van der Waals surface area contributed by atoms with Gasteiger partial charge in [-0.3, -0.25) is 0 Å². The molecule has 2 heterocycles. The van der Waals surface area contributed by atoms with Gasteiger partial charge in [0.1, 0.15) is 0 Å². The highest BCUT2D eigenvalue weighted by atomic mass is 35.5. The van der Waals surface area contributed by atoms with Gasteiger partial charge in [-0.25, -0.2) is 0 Å². The smallest absolute Gasteiger partial charge is 0.478 e. The summed E-state index contributed by atoms with van der Waals surface area (Å²) in [6, 6.07) is 3.28. The van der Waals surface area contributed by atoms with Crippen molar-refractivity contribution in [2.45, 2.75) is 25.4 Å². The summed E-state index contributed by atoms with van der Waals surface area (Å²) >= 11 is 5.97. The number of benzene rings is 1. The van der Waals surface area contributed by atoms with Crippen LogP contribution in [-0.2, 0) is 6.18 Å². The van der Waals surface area contributed by atoms with Crippen LogP contribution in [0.25, 0.3) is 10.9 Å². The summed E-state index contributed by atoms with van der Waals surface area (Å²) in [5.74, 6) is 0.525. The quantitative estimate of drug-likeness (QED) is 0.414. The van der Waals surface area contributed by atoms with Crippen molar-refractivity contribution in [2.24, 2.45) is 0 Å². The molecular formula is C18H20ClF3N2O3. The molecule has 3 rings (SSSR count). The molecule has 27 heavy (non-hydrogen) atoms. The van der Waals surface area contributed by atoms with Gasteiger partial charge in [0.2, 0.25) is 5.52 Å². The number of methoxy groups -OCH3 is 1. The minimum atomic E-state index is -4.81. The Kier molecular flexibility index (Phi) is 5.86. The number of likely N-dealkylation sites (tertiary alicyclic amines) is 1. The highest BCUT2D eigenvalue weighted by molar-refractivity contribution is 6.35. The molecule has 1 saturated heterocycles. The van der Waals surface area contributed by atoms with Crippen LogP contribution < -0.4 is 14.2 Å². The van der Waals surface area contributed by atoms with E-state index in [1.165, 1.54) is 32.1 Å². The molecule has 0 saturated carbocycles. The molecule has 1 fully saturated rings. The summed E-state index contributed by atoms with van der Waals surface area (Å²) in [5, 5.41) is 12.2. The average Bonchev–Trinajstić information content (AvgIpc) is 3.13. The van der Waals surface area contributed by atoms with E-state index < -0.39 is 11.9 Å². The fourth-order valence-corrected chi connectivity index (χ4v) is 3.50. The molecule has 0 amide bonds. The van der Waals surface area contributed by atoms with Crippen molar-refractivity contribution in [2.75, 3.05) is 33.4 Å². The van der Waals surface area contributed by atoms with E-state index >= 15 is 0 Å². The number of nitrogens with zero attached hydrogens (tertiary/aromatic N) is 2. The van der Waals surface area contributed by atoms with Gasteiger partial charge in [0.05, 0.1) is 30.2 Å². The number of ether oxygens (including phenoxy) is 2. The van der Waals surface area contributed by atoms with Crippen molar-refractivity contribution in [3.05, 3.63) is 34.1 Å². The summed E-state index contributed by atoms with van der Waals surface area (Å²) in [6.45, 7) is 3.41. The van der Waals surface area contributed by atoms with E-state index in [1.54, 1.807) is 0 Å². The van der Waals surface area contributed by atoms with Crippen LogP contribution in [0.3, 0.4) is 0 Å². The third kappa shape index (κ3) is 4.32. The van der Waals surface area contributed by atoms with E-state index in [1.807, 2.05) is 0 Å². The molecule has 0 aliphatic carbocycles.